The fraction of sp³-hybridized carbons (Fsp3) is 0.200. The van der Waals surface area contributed by atoms with Crippen LogP contribution >= 0.6 is 0 Å². The third-order valence-corrected chi connectivity index (χ3v) is 3.99. The molecule has 0 bridgehead atoms. The van der Waals surface area contributed by atoms with E-state index in [0.29, 0.717) is 11.1 Å². The number of nitrogens with one attached hydrogen (secondary N) is 1. The molecule has 1 N–H and O–H groups in total. The Labute approximate surface area is 158 Å². The standard InChI is InChI=1S/C20H22N4O3/c1-3-23(4-2)18-13-11-17(12-14-18)20(25)22-21-15-7-9-16-8-5-6-10-19(16)24(26)27/h5-15H,3-4H2,1-2H3,(H,22,25)/b9-7+,21-15+. The number of amides is 1. The van der Waals surface area contributed by atoms with Gasteiger partial charge in [0.2, 0.25) is 0 Å². The molecule has 0 aliphatic rings. The van der Waals surface area contributed by atoms with Crippen LogP contribution in [0, 0.1) is 10.1 Å². The SMILES string of the molecule is CCN(CC)c1ccc(C(=O)N/N=C/C=C/c2ccccc2[N+](=O)[O-])cc1. The lowest BCUT2D eigenvalue weighted by Crippen LogP contribution is -2.22. The van der Waals surface area contributed by atoms with Gasteiger partial charge in [0.05, 0.1) is 10.5 Å². The number of carbonyl (C=O) groups excluding carboxylic acids is 1. The van der Waals surface area contributed by atoms with Gasteiger partial charge in [0, 0.05) is 36.6 Å². The number of nitrogens with zero attached hydrogens (tertiary/aromatic N) is 3. The summed E-state index contributed by atoms with van der Waals surface area (Å²) in [5.74, 6) is -0.323. The van der Waals surface area contributed by atoms with Gasteiger partial charge < -0.3 is 4.90 Å². The predicted molar refractivity (Wildman–Crippen MR) is 108 cm³/mol. The van der Waals surface area contributed by atoms with Crippen LogP contribution in [-0.2, 0) is 0 Å². The lowest BCUT2D eigenvalue weighted by molar-refractivity contribution is -0.385. The summed E-state index contributed by atoms with van der Waals surface area (Å²) in [6.45, 7) is 5.96. The van der Waals surface area contributed by atoms with Crippen molar-refractivity contribution in [3.05, 3.63) is 75.8 Å². The number of anilines is 1. The van der Waals surface area contributed by atoms with Gasteiger partial charge in [0.25, 0.3) is 11.6 Å². The van der Waals surface area contributed by atoms with Crippen LogP contribution in [0.2, 0.25) is 0 Å². The van der Waals surface area contributed by atoms with Crippen LogP contribution in [0.25, 0.3) is 6.08 Å². The van der Waals surface area contributed by atoms with E-state index in [1.165, 1.54) is 18.4 Å². The number of benzene rings is 2. The molecule has 0 atom stereocenters. The molecular weight excluding hydrogens is 344 g/mol. The molecule has 7 nitrogen and oxygen atoms in total. The molecular formula is C20H22N4O3. The molecule has 27 heavy (non-hydrogen) atoms. The molecule has 0 aliphatic heterocycles. The van der Waals surface area contributed by atoms with Gasteiger partial charge in [-0.25, -0.2) is 5.43 Å². The Balaban J connectivity index is 1.94. The monoisotopic (exact) mass is 366 g/mol. The third kappa shape index (κ3) is 5.50. The van der Waals surface area contributed by atoms with Crippen LogP contribution in [-0.4, -0.2) is 30.1 Å². The molecule has 0 saturated heterocycles. The molecule has 0 aromatic heterocycles. The molecule has 0 radical (unpaired) electrons. The summed E-state index contributed by atoms with van der Waals surface area (Å²) in [6.07, 6.45) is 4.47. The van der Waals surface area contributed by atoms with Crippen LogP contribution in [0.3, 0.4) is 0 Å². The number of carbonyl (C=O) groups is 1. The van der Waals surface area contributed by atoms with Gasteiger partial charge in [-0.15, -0.1) is 0 Å². The normalized spacial score (nSPS) is 11.0. The van der Waals surface area contributed by atoms with Gasteiger partial charge in [-0.05, 0) is 56.3 Å². The van der Waals surface area contributed by atoms with Crippen molar-refractivity contribution in [1.82, 2.24) is 5.43 Å². The molecule has 7 heteroatoms. The first-order valence-electron chi connectivity index (χ1n) is 8.65. The van der Waals surface area contributed by atoms with Crippen molar-refractivity contribution in [3.63, 3.8) is 0 Å². The maximum atomic E-state index is 12.1. The molecule has 0 heterocycles. The van der Waals surface area contributed by atoms with E-state index in [4.69, 9.17) is 0 Å². The van der Waals surface area contributed by atoms with E-state index < -0.39 is 4.92 Å². The molecule has 2 rings (SSSR count). The molecule has 0 fully saturated rings. The van der Waals surface area contributed by atoms with E-state index >= 15 is 0 Å². The highest BCUT2D eigenvalue weighted by molar-refractivity contribution is 5.95. The Bertz CT molecular complexity index is 841. The number of hydrogen-bond acceptors (Lipinski definition) is 5. The average molecular weight is 366 g/mol. The summed E-state index contributed by atoms with van der Waals surface area (Å²) >= 11 is 0. The number of nitro benzene ring substituents is 1. The molecule has 0 unspecified atom stereocenters. The zero-order valence-corrected chi connectivity index (χ0v) is 15.3. The lowest BCUT2D eigenvalue weighted by atomic mass is 10.1. The van der Waals surface area contributed by atoms with Crippen molar-refractivity contribution in [2.45, 2.75) is 13.8 Å². The van der Waals surface area contributed by atoms with Gasteiger partial charge in [-0.3, -0.25) is 14.9 Å². The molecule has 2 aromatic rings. The molecule has 0 aliphatic carbocycles. The summed E-state index contributed by atoms with van der Waals surface area (Å²) in [4.78, 5) is 24.8. The van der Waals surface area contributed by atoms with E-state index in [1.54, 1.807) is 36.4 Å². The topological polar surface area (TPSA) is 87.8 Å². The second-order valence-electron chi connectivity index (χ2n) is 5.61. The number of hydrogen-bond donors (Lipinski definition) is 1. The van der Waals surface area contributed by atoms with Crippen LogP contribution in [0.15, 0.2) is 59.7 Å². The molecule has 2 aromatic carbocycles. The number of rotatable bonds is 8. The van der Waals surface area contributed by atoms with Crippen LogP contribution in [0.4, 0.5) is 11.4 Å². The van der Waals surface area contributed by atoms with E-state index in [0.717, 1.165) is 18.8 Å². The molecule has 1 amide bonds. The van der Waals surface area contributed by atoms with Gasteiger partial charge in [0.15, 0.2) is 0 Å². The van der Waals surface area contributed by atoms with Crippen molar-refractivity contribution >= 4 is 29.6 Å². The minimum absolute atomic E-state index is 0.0134. The predicted octanol–water partition coefficient (Wildman–Crippen LogP) is 3.87. The highest BCUT2D eigenvalue weighted by atomic mass is 16.6. The number of nitro groups is 1. The minimum Gasteiger partial charge on any atom is -0.372 e. The Morgan fingerprint density at radius 1 is 1.15 bits per heavy atom. The largest absolute Gasteiger partial charge is 0.372 e. The van der Waals surface area contributed by atoms with Gasteiger partial charge in [-0.2, -0.15) is 5.10 Å². The molecule has 0 spiro atoms. The Kier molecular flexibility index (Phi) is 7.25. The summed E-state index contributed by atoms with van der Waals surface area (Å²) < 4.78 is 0. The third-order valence-electron chi connectivity index (χ3n) is 3.99. The minimum atomic E-state index is -0.444. The zero-order chi connectivity index (χ0) is 19.6. The smallest absolute Gasteiger partial charge is 0.276 e. The maximum Gasteiger partial charge on any atom is 0.276 e. The van der Waals surface area contributed by atoms with Gasteiger partial charge in [0.1, 0.15) is 0 Å². The Hall–Kier alpha value is -3.48. The van der Waals surface area contributed by atoms with E-state index in [1.807, 2.05) is 12.1 Å². The average Bonchev–Trinajstić information content (AvgIpc) is 2.69. The van der Waals surface area contributed by atoms with Crippen molar-refractivity contribution in [3.8, 4) is 0 Å². The van der Waals surface area contributed by atoms with E-state index in [2.05, 4.69) is 29.3 Å². The number of allylic oxidation sites excluding steroid dienone is 1. The lowest BCUT2D eigenvalue weighted by Gasteiger charge is -2.20. The Morgan fingerprint density at radius 3 is 2.44 bits per heavy atom. The summed E-state index contributed by atoms with van der Waals surface area (Å²) in [5, 5.41) is 14.8. The summed E-state index contributed by atoms with van der Waals surface area (Å²) in [6, 6.07) is 13.7. The number of hydrazone groups is 1. The van der Waals surface area contributed by atoms with Gasteiger partial charge >= 0.3 is 0 Å². The van der Waals surface area contributed by atoms with Crippen molar-refractivity contribution in [1.29, 1.82) is 0 Å². The Morgan fingerprint density at radius 2 is 1.81 bits per heavy atom. The second kappa shape index (κ2) is 9.86. The highest BCUT2D eigenvalue weighted by Crippen LogP contribution is 2.18. The number of para-hydroxylation sites is 1. The van der Waals surface area contributed by atoms with Crippen LogP contribution in [0.5, 0.6) is 0 Å². The van der Waals surface area contributed by atoms with Crippen molar-refractivity contribution in [2.24, 2.45) is 5.10 Å². The first-order valence-corrected chi connectivity index (χ1v) is 8.65. The summed E-state index contributed by atoms with van der Waals surface area (Å²) in [7, 11) is 0. The second-order valence-corrected chi connectivity index (χ2v) is 5.61. The summed E-state index contributed by atoms with van der Waals surface area (Å²) in [5.41, 5.74) is 4.48. The van der Waals surface area contributed by atoms with Crippen molar-refractivity contribution < 1.29 is 9.72 Å². The first-order chi connectivity index (χ1) is 13.1. The van der Waals surface area contributed by atoms with Crippen LogP contribution < -0.4 is 10.3 Å². The zero-order valence-electron chi connectivity index (χ0n) is 15.3. The first kappa shape index (κ1) is 19.8. The highest BCUT2D eigenvalue weighted by Gasteiger charge is 2.09. The molecule has 0 saturated carbocycles. The quantitative estimate of drug-likeness (QED) is 0.436. The fourth-order valence-corrected chi connectivity index (χ4v) is 2.56. The van der Waals surface area contributed by atoms with Crippen molar-refractivity contribution in [2.75, 3.05) is 18.0 Å². The van der Waals surface area contributed by atoms with Gasteiger partial charge in [-0.1, -0.05) is 12.1 Å². The molecule has 140 valence electrons. The maximum absolute atomic E-state index is 12.1. The van der Waals surface area contributed by atoms with Crippen LogP contribution in [0.1, 0.15) is 29.8 Å². The van der Waals surface area contributed by atoms with E-state index in [9.17, 15) is 14.9 Å². The van der Waals surface area contributed by atoms with E-state index in [-0.39, 0.29) is 11.6 Å². The fourth-order valence-electron chi connectivity index (χ4n) is 2.56.